The third-order valence-electron chi connectivity index (χ3n) is 3.18. The monoisotopic (exact) mass is 306 g/mol. The number of nitrogens with zero attached hydrogens (tertiary/aromatic N) is 1. The van der Waals surface area contributed by atoms with Crippen molar-refractivity contribution in [3.8, 4) is 11.8 Å². The Bertz CT molecular complexity index is 613. The van der Waals surface area contributed by atoms with Gasteiger partial charge in [-0.15, -0.1) is 0 Å². The fourth-order valence-corrected chi connectivity index (χ4v) is 1.88. The van der Waals surface area contributed by atoms with Gasteiger partial charge in [0.1, 0.15) is 12.2 Å². The average Bonchev–Trinajstić information content (AvgIpc) is 3.15. The summed E-state index contributed by atoms with van der Waals surface area (Å²) in [6.07, 6.45) is 0.970. The highest BCUT2D eigenvalue weighted by atomic mass is 19.1. The Kier molecular flexibility index (Phi) is 4.27. The maximum absolute atomic E-state index is 13.6. The van der Waals surface area contributed by atoms with Crippen LogP contribution in [0.25, 0.3) is 0 Å². The predicted molar refractivity (Wildman–Crippen MR) is 77.9 cm³/mol. The summed E-state index contributed by atoms with van der Waals surface area (Å²) in [7, 11) is 0. The molecular formula is C16H19FN2O3. The molecule has 0 saturated heterocycles. The van der Waals surface area contributed by atoms with E-state index in [1.165, 1.54) is 18.2 Å². The van der Waals surface area contributed by atoms with Gasteiger partial charge in [-0.3, -0.25) is 0 Å². The van der Waals surface area contributed by atoms with Crippen LogP contribution in [0.2, 0.25) is 0 Å². The van der Waals surface area contributed by atoms with Crippen molar-refractivity contribution < 1.29 is 18.7 Å². The van der Waals surface area contributed by atoms with E-state index < -0.39 is 23.1 Å². The van der Waals surface area contributed by atoms with Gasteiger partial charge in [0, 0.05) is 6.07 Å². The summed E-state index contributed by atoms with van der Waals surface area (Å²) in [4.78, 5) is 11.8. The summed E-state index contributed by atoms with van der Waals surface area (Å²) in [6.45, 7) is 5.49. The fraction of sp³-hybridized carbons (Fsp3) is 0.500. The molecule has 118 valence electrons. The van der Waals surface area contributed by atoms with Crippen molar-refractivity contribution in [1.82, 2.24) is 5.32 Å². The number of halogens is 1. The van der Waals surface area contributed by atoms with E-state index in [2.05, 4.69) is 5.32 Å². The molecule has 1 aromatic rings. The summed E-state index contributed by atoms with van der Waals surface area (Å²) in [6, 6.07) is 5.85. The van der Waals surface area contributed by atoms with Crippen molar-refractivity contribution in [2.75, 3.05) is 6.61 Å². The van der Waals surface area contributed by atoms with E-state index in [1.54, 1.807) is 20.8 Å². The van der Waals surface area contributed by atoms with Crippen LogP contribution >= 0.6 is 0 Å². The summed E-state index contributed by atoms with van der Waals surface area (Å²) in [5, 5.41) is 11.6. The van der Waals surface area contributed by atoms with Gasteiger partial charge in [0.15, 0.2) is 11.6 Å². The Morgan fingerprint density at radius 2 is 2.14 bits per heavy atom. The smallest absolute Gasteiger partial charge is 0.408 e. The molecule has 0 heterocycles. The molecule has 1 saturated carbocycles. The lowest BCUT2D eigenvalue weighted by Crippen LogP contribution is -2.44. The van der Waals surface area contributed by atoms with Gasteiger partial charge in [0.05, 0.1) is 17.2 Å². The maximum Gasteiger partial charge on any atom is 0.408 e. The van der Waals surface area contributed by atoms with Crippen LogP contribution < -0.4 is 10.1 Å². The van der Waals surface area contributed by atoms with Crippen LogP contribution in [0.1, 0.15) is 39.2 Å². The van der Waals surface area contributed by atoms with Crippen LogP contribution in [-0.4, -0.2) is 23.8 Å². The largest absolute Gasteiger partial charge is 0.488 e. The molecule has 1 aliphatic rings. The highest BCUT2D eigenvalue weighted by molar-refractivity contribution is 5.69. The molecule has 0 spiro atoms. The zero-order chi connectivity index (χ0) is 16.4. The third-order valence-corrected chi connectivity index (χ3v) is 3.18. The number of ether oxygens (including phenoxy) is 2. The quantitative estimate of drug-likeness (QED) is 0.927. The lowest BCUT2D eigenvalue weighted by Gasteiger charge is -2.23. The molecule has 1 aromatic carbocycles. The molecule has 6 heteroatoms. The number of nitrogens with one attached hydrogen (secondary N) is 1. The minimum absolute atomic E-state index is 0.0105. The Labute approximate surface area is 129 Å². The van der Waals surface area contributed by atoms with Crippen molar-refractivity contribution >= 4 is 6.09 Å². The molecule has 1 fully saturated rings. The molecular weight excluding hydrogens is 287 g/mol. The SMILES string of the molecule is CC(C)(C)OC(=O)NC1(COc2cc(C#N)ccc2F)CC1. The van der Waals surface area contributed by atoms with Crippen molar-refractivity contribution in [3.63, 3.8) is 0 Å². The van der Waals surface area contributed by atoms with Crippen molar-refractivity contribution in [1.29, 1.82) is 5.26 Å². The first-order chi connectivity index (χ1) is 10.2. The number of carbonyl (C=O) groups excluding carboxylic acids is 1. The topological polar surface area (TPSA) is 71.3 Å². The number of rotatable bonds is 4. The number of nitriles is 1. The number of amides is 1. The highest BCUT2D eigenvalue weighted by Crippen LogP contribution is 2.36. The second-order valence-electron chi connectivity index (χ2n) is 6.45. The normalized spacial score (nSPS) is 15.6. The van der Waals surface area contributed by atoms with Gasteiger partial charge in [0.25, 0.3) is 0 Å². The van der Waals surface area contributed by atoms with Crippen LogP contribution in [0.15, 0.2) is 18.2 Å². The maximum atomic E-state index is 13.6. The fourth-order valence-electron chi connectivity index (χ4n) is 1.88. The zero-order valence-corrected chi connectivity index (χ0v) is 12.9. The van der Waals surface area contributed by atoms with Gasteiger partial charge in [-0.05, 0) is 45.7 Å². The Balaban J connectivity index is 1.94. The van der Waals surface area contributed by atoms with E-state index in [1.807, 2.05) is 6.07 Å². The standard InChI is InChI=1S/C16H19FN2O3/c1-15(2,3)22-14(20)19-16(6-7-16)10-21-13-8-11(9-18)4-5-12(13)17/h4-5,8H,6-7,10H2,1-3H3,(H,19,20). The van der Waals surface area contributed by atoms with Crippen molar-refractivity contribution in [3.05, 3.63) is 29.6 Å². The molecule has 22 heavy (non-hydrogen) atoms. The summed E-state index contributed by atoms with van der Waals surface area (Å²) >= 11 is 0. The molecule has 0 unspecified atom stereocenters. The number of alkyl carbamates (subject to hydrolysis) is 1. The van der Waals surface area contributed by atoms with Crippen LogP contribution in [0, 0.1) is 17.1 Å². The Morgan fingerprint density at radius 1 is 1.45 bits per heavy atom. The molecule has 2 rings (SSSR count). The number of carbonyl (C=O) groups is 1. The van der Waals surface area contributed by atoms with Crippen LogP contribution in [0.3, 0.4) is 0 Å². The van der Waals surface area contributed by atoms with E-state index >= 15 is 0 Å². The summed E-state index contributed by atoms with van der Waals surface area (Å²) < 4.78 is 24.3. The number of benzene rings is 1. The first-order valence-corrected chi connectivity index (χ1v) is 7.07. The molecule has 0 bridgehead atoms. The van der Waals surface area contributed by atoms with Gasteiger partial charge >= 0.3 is 6.09 Å². The van der Waals surface area contributed by atoms with E-state index in [9.17, 15) is 9.18 Å². The van der Waals surface area contributed by atoms with Gasteiger partial charge in [0.2, 0.25) is 0 Å². The molecule has 1 amide bonds. The second-order valence-corrected chi connectivity index (χ2v) is 6.45. The molecule has 0 atom stereocenters. The van der Waals surface area contributed by atoms with E-state index in [0.29, 0.717) is 5.56 Å². The zero-order valence-electron chi connectivity index (χ0n) is 12.9. The molecule has 1 aliphatic carbocycles. The van der Waals surface area contributed by atoms with Gasteiger partial charge in [-0.1, -0.05) is 0 Å². The summed E-state index contributed by atoms with van der Waals surface area (Å²) in [5.41, 5.74) is -0.771. The van der Waals surface area contributed by atoms with Gasteiger partial charge in [-0.25, -0.2) is 9.18 Å². The van der Waals surface area contributed by atoms with Gasteiger partial charge in [-0.2, -0.15) is 5.26 Å². The first kappa shape index (κ1) is 16.1. The highest BCUT2D eigenvalue weighted by Gasteiger charge is 2.46. The van der Waals surface area contributed by atoms with Crippen LogP contribution in [0.4, 0.5) is 9.18 Å². The van der Waals surface area contributed by atoms with Crippen LogP contribution in [-0.2, 0) is 4.74 Å². The minimum atomic E-state index is -0.575. The predicted octanol–water partition coefficient (Wildman–Crippen LogP) is 3.13. The third kappa shape index (κ3) is 4.35. The molecule has 0 aromatic heterocycles. The lowest BCUT2D eigenvalue weighted by molar-refractivity contribution is 0.0476. The molecule has 0 aliphatic heterocycles. The van der Waals surface area contributed by atoms with Crippen molar-refractivity contribution in [2.45, 2.75) is 44.8 Å². The molecule has 0 radical (unpaired) electrons. The van der Waals surface area contributed by atoms with E-state index in [4.69, 9.17) is 14.7 Å². The Hall–Kier alpha value is -2.29. The number of hydrogen-bond acceptors (Lipinski definition) is 4. The van der Waals surface area contributed by atoms with Crippen molar-refractivity contribution in [2.24, 2.45) is 0 Å². The molecule has 5 nitrogen and oxygen atoms in total. The lowest BCUT2D eigenvalue weighted by atomic mass is 10.2. The van der Waals surface area contributed by atoms with E-state index in [-0.39, 0.29) is 12.4 Å². The van der Waals surface area contributed by atoms with Crippen LogP contribution in [0.5, 0.6) is 5.75 Å². The average molecular weight is 306 g/mol. The van der Waals surface area contributed by atoms with E-state index in [0.717, 1.165) is 12.8 Å². The number of hydrogen-bond donors (Lipinski definition) is 1. The molecule has 1 N–H and O–H groups in total. The Morgan fingerprint density at radius 3 is 2.68 bits per heavy atom. The second kappa shape index (κ2) is 5.84. The summed E-state index contributed by atoms with van der Waals surface area (Å²) in [5.74, 6) is -0.525. The first-order valence-electron chi connectivity index (χ1n) is 7.07. The van der Waals surface area contributed by atoms with Gasteiger partial charge < -0.3 is 14.8 Å². The minimum Gasteiger partial charge on any atom is -0.488 e.